The molecule has 0 radical (unpaired) electrons. The fourth-order valence-corrected chi connectivity index (χ4v) is 9.54. The molecule has 2 aromatic rings. The Balaban J connectivity index is 1.29. The van der Waals surface area contributed by atoms with Gasteiger partial charge in [-0.3, -0.25) is 14.4 Å². The summed E-state index contributed by atoms with van der Waals surface area (Å²) in [5.74, 6) is 3.10. The molecule has 2 aliphatic carbocycles. The molecule has 1 aromatic heterocycles. The van der Waals surface area contributed by atoms with E-state index in [1.807, 2.05) is 13.0 Å². The van der Waals surface area contributed by atoms with Gasteiger partial charge in [0, 0.05) is 23.8 Å². The number of pyridine rings is 1. The summed E-state index contributed by atoms with van der Waals surface area (Å²) in [4.78, 5) is 62.9. The van der Waals surface area contributed by atoms with Gasteiger partial charge in [0.15, 0.2) is 5.54 Å². The largest absolute Gasteiger partial charge is 0.497 e. The predicted octanol–water partition coefficient (Wildman–Crippen LogP) is 4.84. The van der Waals surface area contributed by atoms with E-state index in [0.717, 1.165) is 0 Å². The number of carbonyl (C=O) groups excluding carboxylic acids is 4. The van der Waals surface area contributed by atoms with Crippen LogP contribution in [0.15, 0.2) is 30.4 Å². The van der Waals surface area contributed by atoms with E-state index in [1.165, 1.54) is 12.0 Å². The quantitative estimate of drug-likeness (QED) is 0.270. The number of alkyl halides is 1. The Labute approximate surface area is 338 Å². The highest BCUT2D eigenvalue weighted by molar-refractivity contribution is 7.91. The van der Waals surface area contributed by atoms with Crippen molar-refractivity contribution in [2.75, 3.05) is 13.7 Å². The van der Waals surface area contributed by atoms with Crippen molar-refractivity contribution in [2.45, 2.75) is 139 Å². The molecule has 312 valence electrons. The molecule has 2 fully saturated rings. The number of aromatic nitrogens is 1. The maximum absolute atomic E-state index is 16.9. The summed E-state index contributed by atoms with van der Waals surface area (Å²) in [5.41, 5.74) is -2.91. The first-order valence-electron chi connectivity index (χ1n) is 20.0. The van der Waals surface area contributed by atoms with Crippen LogP contribution in [0, 0.1) is 17.8 Å². The number of allylic oxidation sites excluding steroid dienone is 1. The van der Waals surface area contributed by atoms with Crippen LogP contribution in [0.25, 0.3) is 10.9 Å². The van der Waals surface area contributed by atoms with Crippen molar-refractivity contribution in [1.29, 1.82) is 0 Å². The minimum absolute atomic E-state index is 0.190. The number of halogens is 1. The molecule has 5 aliphatic rings. The molecule has 1 spiro atoms. The van der Waals surface area contributed by atoms with Gasteiger partial charge in [0.2, 0.25) is 21.8 Å². The zero-order valence-electron chi connectivity index (χ0n) is 33.8. The number of ether oxygens (including phenoxy) is 3. The van der Waals surface area contributed by atoms with Crippen LogP contribution in [0.4, 0.5) is 9.18 Å². The maximum Gasteiger partial charge on any atom is 0.408 e. The molecule has 14 nitrogen and oxygen atoms in total. The molecule has 6 atom stereocenters. The third kappa shape index (κ3) is 7.69. The van der Waals surface area contributed by atoms with Crippen LogP contribution in [0.1, 0.15) is 110 Å². The number of alkyl carbamates (subject to hydrolysis) is 1. The molecule has 3 N–H and O–H groups in total. The summed E-state index contributed by atoms with van der Waals surface area (Å²) in [6, 6.07) is 2.74. The monoisotopic (exact) mass is 821 g/mol. The Hall–Kier alpha value is -4.91. The fourth-order valence-electron chi connectivity index (χ4n) is 8.25. The van der Waals surface area contributed by atoms with Crippen LogP contribution < -0.4 is 24.8 Å². The van der Waals surface area contributed by atoms with Gasteiger partial charge in [0.05, 0.1) is 35.5 Å². The molecule has 6 unspecified atom stereocenters. The van der Waals surface area contributed by atoms with E-state index in [9.17, 15) is 27.6 Å². The zero-order valence-corrected chi connectivity index (χ0v) is 34.6. The van der Waals surface area contributed by atoms with Gasteiger partial charge in [-0.05, 0) is 84.4 Å². The second kappa shape index (κ2) is 15.0. The number of nitrogens with one attached hydrogen (secondary N) is 3. The topological polar surface area (TPSA) is 182 Å². The molecule has 0 bridgehead atoms. The van der Waals surface area contributed by atoms with E-state index in [0.29, 0.717) is 72.9 Å². The van der Waals surface area contributed by atoms with Gasteiger partial charge in [-0.2, -0.15) is 0 Å². The summed E-state index contributed by atoms with van der Waals surface area (Å²) < 4.78 is 62.3. The Morgan fingerprint density at radius 1 is 1.16 bits per heavy atom. The zero-order chi connectivity index (χ0) is 41.8. The molecule has 1 aromatic carbocycles. The van der Waals surface area contributed by atoms with Crippen LogP contribution in [-0.2, 0) is 35.6 Å². The lowest BCUT2D eigenvalue weighted by Gasteiger charge is -2.38. The highest BCUT2D eigenvalue weighted by atomic mass is 32.2. The lowest BCUT2D eigenvalue weighted by molar-refractivity contribution is -0.142. The Morgan fingerprint density at radius 3 is 2.57 bits per heavy atom. The first-order chi connectivity index (χ1) is 27.3. The van der Waals surface area contributed by atoms with Crippen LogP contribution in [0.5, 0.6) is 11.5 Å². The number of carbonyl (C=O) groups is 4. The van der Waals surface area contributed by atoms with Crippen LogP contribution in [0.2, 0.25) is 0 Å². The minimum atomic E-state index is -4.12. The van der Waals surface area contributed by atoms with E-state index >= 15 is 4.39 Å². The SMILES string of the molecule is CCc1nc2ccc(OC)cc2c2c1OC1(CC2F)CC2C(=O)NC3(C(=O)NS(=O)(=O)C4(C)CC4)C#CC3C=CCCCCCC(NC(=O)OC(C)(C)C)C(=O)N2C1. The number of hydrogen-bond donors (Lipinski definition) is 3. The first kappa shape index (κ1) is 41.3. The Morgan fingerprint density at radius 2 is 1.91 bits per heavy atom. The number of nitrogens with zero attached hydrogens (tertiary/aromatic N) is 2. The number of fused-ring (bicyclic) bond motifs is 5. The Bertz CT molecular complexity index is 2240. The van der Waals surface area contributed by atoms with Gasteiger partial charge < -0.3 is 29.7 Å². The third-order valence-electron chi connectivity index (χ3n) is 11.8. The van der Waals surface area contributed by atoms with E-state index < -0.39 is 79.5 Å². The molecule has 3 aliphatic heterocycles. The molecule has 4 heterocycles. The van der Waals surface area contributed by atoms with Gasteiger partial charge in [-0.1, -0.05) is 43.8 Å². The summed E-state index contributed by atoms with van der Waals surface area (Å²) in [5, 5.41) is 6.00. The minimum Gasteiger partial charge on any atom is -0.497 e. The first-order valence-corrected chi connectivity index (χ1v) is 21.5. The van der Waals surface area contributed by atoms with Gasteiger partial charge in [-0.25, -0.2) is 27.3 Å². The number of aryl methyl sites for hydroxylation is 1. The molecule has 7 rings (SSSR count). The number of sulfonamides is 1. The number of hydrogen-bond acceptors (Lipinski definition) is 10. The third-order valence-corrected chi connectivity index (χ3v) is 14.0. The second-order valence-electron chi connectivity index (χ2n) is 17.4. The van der Waals surface area contributed by atoms with Crippen LogP contribution in [-0.4, -0.2) is 89.3 Å². The number of amides is 4. The van der Waals surface area contributed by atoms with Crippen molar-refractivity contribution < 1.29 is 46.2 Å². The highest BCUT2D eigenvalue weighted by Crippen LogP contribution is 2.51. The molecule has 1 saturated heterocycles. The van der Waals surface area contributed by atoms with Gasteiger partial charge >= 0.3 is 6.09 Å². The number of methoxy groups -OCH3 is 1. The second-order valence-corrected chi connectivity index (χ2v) is 19.6. The highest BCUT2D eigenvalue weighted by Gasteiger charge is 2.59. The molecule has 1 saturated carbocycles. The average molecular weight is 822 g/mol. The van der Waals surface area contributed by atoms with Crippen molar-refractivity contribution >= 4 is 44.7 Å². The summed E-state index contributed by atoms with van der Waals surface area (Å²) in [6.45, 7) is 8.28. The summed E-state index contributed by atoms with van der Waals surface area (Å²) in [7, 11) is -2.61. The normalized spacial score (nSPS) is 29.1. The van der Waals surface area contributed by atoms with Gasteiger partial charge in [-0.15, -0.1) is 0 Å². The average Bonchev–Trinajstić information content (AvgIpc) is 3.82. The fraction of sp³-hybridized carbons (Fsp3) is 0.595. The van der Waals surface area contributed by atoms with E-state index in [4.69, 9.17) is 19.2 Å². The van der Waals surface area contributed by atoms with Crippen LogP contribution >= 0.6 is 0 Å². The molecule has 16 heteroatoms. The lowest BCUT2D eigenvalue weighted by atomic mass is 9.75. The molecule has 4 amide bonds. The molecule has 58 heavy (non-hydrogen) atoms. The summed E-state index contributed by atoms with van der Waals surface area (Å²) >= 11 is 0. The predicted molar refractivity (Wildman–Crippen MR) is 212 cm³/mol. The standard InChI is InChI=1S/C42H52FN5O9S/c1-7-29-34-33(27-21-26(55-6)15-16-30(27)44-29)28(43)22-41(56-34)23-32-35(49)46-42(37(51)47-58(53,54)40(5)19-20-40)18-17-25(42)13-11-9-8-10-12-14-31(36(50)48(32)24-41)45-38(52)57-39(2,3)4/h11,13,15-16,21,25,28,31-32H,7-10,12,14,19-20,22-24H2,1-6H3,(H,45,52)(H,46,49)(H,47,51). The van der Waals surface area contributed by atoms with Crippen molar-refractivity contribution in [3.8, 4) is 23.3 Å². The van der Waals surface area contributed by atoms with Crippen molar-refractivity contribution in [3.63, 3.8) is 0 Å². The number of benzene rings is 1. The Kier molecular flexibility index (Phi) is 10.7. The molecular formula is C42H52FN5O9S. The summed E-state index contributed by atoms with van der Waals surface area (Å²) in [6.07, 6.45) is 4.60. The van der Waals surface area contributed by atoms with Crippen molar-refractivity contribution in [2.24, 2.45) is 5.92 Å². The smallest absolute Gasteiger partial charge is 0.408 e. The lowest BCUT2D eigenvalue weighted by Crippen LogP contribution is -2.68. The molecular weight excluding hydrogens is 770 g/mol. The van der Waals surface area contributed by atoms with Gasteiger partial charge in [0.1, 0.15) is 41.0 Å². The maximum atomic E-state index is 16.9. The van der Waals surface area contributed by atoms with Gasteiger partial charge in [0.25, 0.3) is 5.91 Å². The van der Waals surface area contributed by atoms with E-state index in [1.54, 1.807) is 52.0 Å². The van der Waals surface area contributed by atoms with E-state index in [2.05, 4.69) is 27.2 Å². The van der Waals surface area contributed by atoms with E-state index in [-0.39, 0.29) is 31.6 Å². The van der Waals surface area contributed by atoms with Crippen molar-refractivity contribution in [3.05, 3.63) is 41.6 Å². The number of rotatable bonds is 6. The van der Waals surface area contributed by atoms with Crippen molar-refractivity contribution in [1.82, 2.24) is 25.2 Å². The van der Waals surface area contributed by atoms with Crippen LogP contribution in [0.3, 0.4) is 0 Å².